The molecule has 170 valence electrons. The molecule has 0 aliphatic carbocycles. The Morgan fingerprint density at radius 3 is 2.47 bits per heavy atom. The predicted octanol–water partition coefficient (Wildman–Crippen LogP) is 0.170. The van der Waals surface area contributed by atoms with Crippen molar-refractivity contribution in [1.29, 1.82) is 0 Å². The van der Waals surface area contributed by atoms with E-state index in [1.807, 2.05) is 6.92 Å². The smallest absolute Gasteiger partial charge is 0.258 e. The molecule has 1 heterocycles. The average Bonchev–Trinajstić information content (AvgIpc) is 2.62. The topological polar surface area (TPSA) is 133 Å². The molecule has 2 N–H and O–H groups in total. The first-order chi connectivity index (χ1) is 13.7. The van der Waals surface area contributed by atoms with Crippen molar-refractivity contribution in [3.8, 4) is 5.75 Å². The highest BCUT2D eigenvalue weighted by Crippen LogP contribution is 2.31. The molecule has 1 aromatic rings. The predicted molar refractivity (Wildman–Crippen MR) is 114 cm³/mol. The summed E-state index contributed by atoms with van der Waals surface area (Å²) in [4.78, 5) is 14.7. The molecule has 1 amide bonds. The number of ether oxygens (including phenoxy) is 1. The minimum Gasteiger partial charge on any atom is -0.488 e. The number of anilines is 1. The summed E-state index contributed by atoms with van der Waals surface area (Å²) in [5, 5.41) is 9.62. The van der Waals surface area contributed by atoms with E-state index in [-0.39, 0.29) is 42.6 Å². The molecule has 0 aromatic heterocycles. The van der Waals surface area contributed by atoms with Crippen molar-refractivity contribution in [3.05, 3.63) is 23.8 Å². The highest BCUT2D eigenvalue weighted by Gasteiger charge is 2.34. The SMILES string of the molecule is C[C@H]1CN([C@@H](C)CO)C(=O)c2cc(NS(C)(=O)=O)ccc2O[C@H]1CN(C)S(C)(=O)=O. The van der Waals surface area contributed by atoms with Crippen molar-refractivity contribution in [2.45, 2.75) is 26.0 Å². The first kappa shape index (κ1) is 24.4. The van der Waals surface area contributed by atoms with Crippen LogP contribution in [0.1, 0.15) is 24.2 Å². The van der Waals surface area contributed by atoms with Gasteiger partial charge >= 0.3 is 0 Å². The highest BCUT2D eigenvalue weighted by atomic mass is 32.2. The lowest BCUT2D eigenvalue weighted by Gasteiger charge is -2.38. The quantitative estimate of drug-likeness (QED) is 0.589. The second kappa shape index (κ2) is 9.08. The number of rotatable bonds is 7. The molecule has 1 aliphatic rings. The Bertz CT molecular complexity index is 995. The van der Waals surface area contributed by atoms with E-state index in [9.17, 15) is 26.7 Å². The summed E-state index contributed by atoms with van der Waals surface area (Å²) in [5.41, 5.74) is 0.325. The van der Waals surface area contributed by atoms with Gasteiger partial charge in [-0.05, 0) is 25.1 Å². The largest absolute Gasteiger partial charge is 0.488 e. The van der Waals surface area contributed by atoms with E-state index < -0.39 is 38.1 Å². The van der Waals surface area contributed by atoms with Crippen molar-refractivity contribution in [1.82, 2.24) is 9.21 Å². The Labute approximate surface area is 177 Å². The lowest BCUT2D eigenvalue weighted by atomic mass is 9.99. The fraction of sp³-hybridized carbons (Fsp3) is 0.611. The lowest BCUT2D eigenvalue weighted by Crippen LogP contribution is -2.50. The van der Waals surface area contributed by atoms with Crippen LogP contribution in [0.25, 0.3) is 0 Å². The average molecular weight is 464 g/mol. The maximum absolute atomic E-state index is 13.2. The first-order valence-electron chi connectivity index (χ1n) is 9.34. The van der Waals surface area contributed by atoms with Crippen LogP contribution in [0.5, 0.6) is 5.75 Å². The molecule has 0 unspecified atom stereocenters. The normalized spacial score (nSPS) is 21.4. The number of nitrogens with one attached hydrogen (secondary N) is 1. The second-order valence-electron chi connectivity index (χ2n) is 7.75. The van der Waals surface area contributed by atoms with Crippen LogP contribution >= 0.6 is 0 Å². The number of aliphatic hydroxyl groups excluding tert-OH is 1. The van der Waals surface area contributed by atoms with Crippen LogP contribution in [-0.4, -0.2) is 88.5 Å². The molecule has 1 aromatic carbocycles. The molecule has 2 rings (SSSR count). The van der Waals surface area contributed by atoms with Crippen LogP contribution < -0.4 is 9.46 Å². The number of sulfonamides is 2. The molecule has 0 bridgehead atoms. The standard InChI is InChI=1S/C18H29N3O7S2/c1-12-9-21(13(2)11-22)18(23)15-8-14(19-29(4,24)25)6-7-16(15)28-17(12)10-20(3)30(5,26)27/h6-8,12-13,17,19,22H,9-11H2,1-5H3/t12-,13-,17-/m0/s1. The summed E-state index contributed by atoms with van der Waals surface area (Å²) >= 11 is 0. The summed E-state index contributed by atoms with van der Waals surface area (Å²) in [5.74, 6) is -0.438. The molecule has 0 saturated heterocycles. The number of benzene rings is 1. The van der Waals surface area contributed by atoms with Crippen molar-refractivity contribution < 1.29 is 31.5 Å². The van der Waals surface area contributed by atoms with Gasteiger partial charge in [-0.1, -0.05) is 6.92 Å². The molecule has 0 saturated carbocycles. The summed E-state index contributed by atoms with van der Waals surface area (Å²) in [6, 6.07) is 3.83. The molecular formula is C18H29N3O7S2. The fourth-order valence-electron chi connectivity index (χ4n) is 3.11. The molecule has 12 heteroatoms. The van der Waals surface area contributed by atoms with Crippen LogP contribution in [0.15, 0.2) is 18.2 Å². The third-order valence-electron chi connectivity index (χ3n) is 4.97. The molecule has 10 nitrogen and oxygen atoms in total. The molecule has 0 spiro atoms. The van der Waals surface area contributed by atoms with Crippen LogP contribution in [-0.2, 0) is 20.0 Å². The summed E-state index contributed by atoms with van der Waals surface area (Å²) in [6.07, 6.45) is 1.53. The van der Waals surface area contributed by atoms with Gasteiger partial charge in [0.05, 0.1) is 37.3 Å². The van der Waals surface area contributed by atoms with Crippen LogP contribution in [0.3, 0.4) is 0 Å². The number of carbonyl (C=O) groups is 1. The summed E-state index contributed by atoms with van der Waals surface area (Å²) < 4.78 is 56.4. The fourth-order valence-corrected chi connectivity index (χ4v) is 4.08. The van der Waals surface area contributed by atoms with E-state index in [2.05, 4.69) is 4.72 Å². The zero-order chi connectivity index (χ0) is 22.9. The van der Waals surface area contributed by atoms with Gasteiger partial charge in [-0.25, -0.2) is 21.1 Å². The van der Waals surface area contributed by atoms with Gasteiger partial charge in [0, 0.05) is 25.2 Å². The van der Waals surface area contributed by atoms with Gasteiger partial charge in [0.15, 0.2) is 0 Å². The van der Waals surface area contributed by atoms with Crippen LogP contribution in [0.2, 0.25) is 0 Å². The minimum atomic E-state index is -3.55. The Morgan fingerprint density at radius 1 is 1.30 bits per heavy atom. The van der Waals surface area contributed by atoms with E-state index in [1.165, 1.54) is 34.5 Å². The number of nitrogens with zero attached hydrogens (tertiary/aromatic N) is 2. The Kier molecular flexibility index (Phi) is 7.38. The number of hydrogen-bond acceptors (Lipinski definition) is 7. The number of carbonyl (C=O) groups excluding carboxylic acids is 1. The first-order valence-corrected chi connectivity index (χ1v) is 13.1. The number of amides is 1. The molecule has 1 aliphatic heterocycles. The lowest BCUT2D eigenvalue weighted by molar-refractivity contribution is 0.0387. The number of fused-ring (bicyclic) bond motifs is 1. The third-order valence-corrected chi connectivity index (χ3v) is 6.86. The van der Waals surface area contributed by atoms with E-state index in [1.54, 1.807) is 6.92 Å². The molecule has 0 fully saturated rings. The van der Waals surface area contributed by atoms with Gasteiger partial charge in [0.2, 0.25) is 20.0 Å². The third kappa shape index (κ3) is 6.06. The Balaban J connectivity index is 2.52. The molecular weight excluding hydrogens is 434 g/mol. The van der Waals surface area contributed by atoms with E-state index >= 15 is 0 Å². The Morgan fingerprint density at radius 2 is 1.93 bits per heavy atom. The van der Waals surface area contributed by atoms with E-state index in [0.717, 1.165) is 12.5 Å². The molecule has 0 radical (unpaired) electrons. The zero-order valence-electron chi connectivity index (χ0n) is 17.7. The van der Waals surface area contributed by atoms with Gasteiger partial charge in [-0.15, -0.1) is 0 Å². The number of likely N-dealkylation sites (N-methyl/N-ethyl adjacent to an activating group) is 1. The van der Waals surface area contributed by atoms with Gasteiger partial charge < -0.3 is 14.7 Å². The monoisotopic (exact) mass is 463 g/mol. The van der Waals surface area contributed by atoms with E-state index in [4.69, 9.17) is 4.74 Å². The maximum Gasteiger partial charge on any atom is 0.258 e. The van der Waals surface area contributed by atoms with Crippen LogP contribution in [0.4, 0.5) is 5.69 Å². The van der Waals surface area contributed by atoms with Gasteiger partial charge in [0.25, 0.3) is 5.91 Å². The van der Waals surface area contributed by atoms with Crippen LogP contribution in [0, 0.1) is 5.92 Å². The van der Waals surface area contributed by atoms with E-state index in [0.29, 0.717) is 0 Å². The zero-order valence-corrected chi connectivity index (χ0v) is 19.3. The van der Waals surface area contributed by atoms with Crippen molar-refractivity contribution in [2.24, 2.45) is 5.92 Å². The van der Waals surface area contributed by atoms with Gasteiger partial charge in [-0.3, -0.25) is 9.52 Å². The molecule has 3 atom stereocenters. The highest BCUT2D eigenvalue weighted by molar-refractivity contribution is 7.92. The Hall–Kier alpha value is -1.89. The molecule has 30 heavy (non-hydrogen) atoms. The number of hydrogen-bond donors (Lipinski definition) is 2. The minimum absolute atomic E-state index is 0.0678. The van der Waals surface area contributed by atoms with Gasteiger partial charge in [0.1, 0.15) is 11.9 Å². The number of aliphatic hydroxyl groups is 1. The van der Waals surface area contributed by atoms with Crippen molar-refractivity contribution in [2.75, 3.05) is 44.0 Å². The van der Waals surface area contributed by atoms with Gasteiger partial charge in [-0.2, -0.15) is 0 Å². The van der Waals surface area contributed by atoms with Crippen molar-refractivity contribution >= 4 is 31.6 Å². The van der Waals surface area contributed by atoms with Crippen molar-refractivity contribution in [3.63, 3.8) is 0 Å². The summed E-state index contributed by atoms with van der Waals surface area (Å²) in [6.45, 7) is 3.58. The second-order valence-corrected chi connectivity index (χ2v) is 11.6. The summed E-state index contributed by atoms with van der Waals surface area (Å²) in [7, 11) is -5.55. The maximum atomic E-state index is 13.2.